The van der Waals surface area contributed by atoms with Crippen molar-refractivity contribution in [3.8, 4) is 0 Å². The molecular formula is C34H50N4O8. The number of hydrogen-bond donors (Lipinski definition) is 3. The Labute approximate surface area is 271 Å². The van der Waals surface area contributed by atoms with Crippen LogP contribution in [-0.4, -0.2) is 120 Å². The molecule has 3 N–H and O–H groups in total. The third-order valence-corrected chi connectivity index (χ3v) is 9.52. The van der Waals surface area contributed by atoms with Crippen molar-refractivity contribution in [1.82, 2.24) is 20.1 Å². The van der Waals surface area contributed by atoms with Gasteiger partial charge in [-0.1, -0.05) is 0 Å². The summed E-state index contributed by atoms with van der Waals surface area (Å²) in [7, 11) is 1.37. The number of likely N-dealkylation sites (tertiary alicyclic amines) is 1. The van der Waals surface area contributed by atoms with Gasteiger partial charge in [0, 0.05) is 61.8 Å². The predicted molar refractivity (Wildman–Crippen MR) is 172 cm³/mol. The summed E-state index contributed by atoms with van der Waals surface area (Å²) in [6.45, 7) is 11.0. The lowest BCUT2D eigenvalue weighted by molar-refractivity contribution is -0.194. The van der Waals surface area contributed by atoms with Crippen molar-refractivity contribution in [1.29, 1.82) is 0 Å². The summed E-state index contributed by atoms with van der Waals surface area (Å²) in [5, 5.41) is 14.7. The minimum atomic E-state index is -1.15. The van der Waals surface area contributed by atoms with E-state index in [-0.39, 0.29) is 36.6 Å². The van der Waals surface area contributed by atoms with Crippen LogP contribution in [0, 0.1) is 6.92 Å². The number of ether oxygens (including phenoxy) is 4. The number of amides is 2. The third-order valence-electron chi connectivity index (χ3n) is 9.52. The molecule has 1 aromatic carbocycles. The van der Waals surface area contributed by atoms with Crippen molar-refractivity contribution in [2.75, 3.05) is 53.0 Å². The number of carbonyl (C=O) groups is 3. The Bertz CT molecular complexity index is 1410. The molecule has 0 radical (unpaired) electrons. The lowest BCUT2D eigenvalue weighted by Gasteiger charge is -2.46. The number of aliphatic hydroxyl groups excluding tert-OH is 1. The number of rotatable bonds is 9. The molecule has 254 valence electrons. The number of aromatic nitrogens is 1. The zero-order valence-corrected chi connectivity index (χ0v) is 27.9. The van der Waals surface area contributed by atoms with Gasteiger partial charge in [0.15, 0.2) is 5.60 Å². The van der Waals surface area contributed by atoms with Gasteiger partial charge in [0.25, 0.3) is 5.91 Å². The van der Waals surface area contributed by atoms with Gasteiger partial charge in [0.1, 0.15) is 5.60 Å². The van der Waals surface area contributed by atoms with Crippen molar-refractivity contribution in [3.63, 3.8) is 0 Å². The van der Waals surface area contributed by atoms with E-state index in [1.54, 1.807) is 4.90 Å². The number of nitrogens with one attached hydrogen (secondary N) is 2. The molecule has 0 bridgehead atoms. The normalized spacial score (nSPS) is 26.3. The van der Waals surface area contributed by atoms with Crippen LogP contribution in [0.1, 0.15) is 75.2 Å². The van der Waals surface area contributed by atoms with Crippen molar-refractivity contribution >= 4 is 28.9 Å². The minimum Gasteiger partial charge on any atom is -0.467 e. The highest BCUT2D eigenvalue weighted by Crippen LogP contribution is 2.37. The number of fused-ring (bicyclic) bond motifs is 1. The lowest BCUT2D eigenvalue weighted by Crippen LogP contribution is -2.60. The van der Waals surface area contributed by atoms with Crippen LogP contribution in [0.4, 0.5) is 4.79 Å². The van der Waals surface area contributed by atoms with Crippen LogP contribution in [0.3, 0.4) is 0 Å². The number of hydrogen-bond acceptors (Lipinski definition) is 9. The molecule has 3 saturated heterocycles. The quantitative estimate of drug-likeness (QED) is 0.350. The highest BCUT2D eigenvalue weighted by atomic mass is 16.6. The van der Waals surface area contributed by atoms with Gasteiger partial charge in [-0.05, 0) is 83.6 Å². The number of morpholine rings is 1. The third kappa shape index (κ3) is 7.67. The SMILES string of the molecule is COC(=O)[C@@]1(CCN2CCOCC23CCN(C(=O)OC(C)(C)C)C3)CCC[C@H](CC(O)CNC(=O)c2cc(C)c3[nH]ccc3c2)O1. The molecule has 0 saturated carbocycles. The molecule has 0 aliphatic carbocycles. The molecule has 46 heavy (non-hydrogen) atoms. The van der Waals surface area contributed by atoms with E-state index in [1.165, 1.54) is 7.11 Å². The summed E-state index contributed by atoms with van der Waals surface area (Å²) in [5.74, 6) is -0.671. The molecule has 4 atom stereocenters. The fraction of sp³-hybridized carbons (Fsp3) is 0.676. The Kier molecular flexibility index (Phi) is 10.3. The Morgan fingerprint density at radius 1 is 1.22 bits per heavy atom. The molecule has 3 fully saturated rings. The number of aromatic amines is 1. The number of methoxy groups -OCH3 is 1. The number of nitrogens with zero attached hydrogens (tertiary/aromatic N) is 2. The molecule has 1 spiro atoms. The van der Waals surface area contributed by atoms with E-state index in [9.17, 15) is 19.5 Å². The zero-order valence-electron chi connectivity index (χ0n) is 27.9. The Hall–Kier alpha value is -3.19. The first-order chi connectivity index (χ1) is 21.8. The number of aryl methyl sites for hydroxylation is 1. The highest BCUT2D eigenvalue weighted by molar-refractivity contribution is 5.99. The lowest BCUT2D eigenvalue weighted by atomic mass is 9.86. The Morgan fingerprint density at radius 3 is 2.78 bits per heavy atom. The van der Waals surface area contributed by atoms with Gasteiger partial charge in [-0.2, -0.15) is 0 Å². The van der Waals surface area contributed by atoms with Gasteiger partial charge in [0.05, 0.1) is 38.1 Å². The van der Waals surface area contributed by atoms with E-state index in [0.717, 1.165) is 29.3 Å². The second-order valence-corrected chi connectivity index (χ2v) is 14.1. The van der Waals surface area contributed by atoms with Crippen molar-refractivity contribution in [2.24, 2.45) is 0 Å². The smallest absolute Gasteiger partial charge is 0.410 e. The first-order valence-corrected chi connectivity index (χ1v) is 16.4. The molecule has 5 rings (SSSR count). The number of H-pyrrole nitrogens is 1. The summed E-state index contributed by atoms with van der Waals surface area (Å²) in [6, 6.07) is 5.58. The topological polar surface area (TPSA) is 143 Å². The summed E-state index contributed by atoms with van der Waals surface area (Å²) >= 11 is 0. The van der Waals surface area contributed by atoms with Crippen LogP contribution < -0.4 is 5.32 Å². The molecule has 2 amide bonds. The molecule has 12 heteroatoms. The van der Waals surface area contributed by atoms with Gasteiger partial charge >= 0.3 is 12.1 Å². The van der Waals surface area contributed by atoms with Gasteiger partial charge in [0.2, 0.25) is 0 Å². The van der Waals surface area contributed by atoms with Gasteiger partial charge < -0.3 is 39.3 Å². The van der Waals surface area contributed by atoms with Crippen LogP contribution in [-0.2, 0) is 23.7 Å². The monoisotopic (exact) mass is 642 g/mol. The van der Waals surface area contributed by atoms with E-state index >= 15 is 0 Å². The van der Waals surface area contributed by atoms with E-state index < -0.39 is 23.3 Å². The van der Waals surface area contributed by atoms with Crippen molar-refractivity contribution < 1.29 is 38.4 Å². The second kappa shape index (κ2) is 13.9. The van der Waals surface area contributed by atoms with Crippen molar-refractivity contribution in [2.45, 2.75) is 95.2 Å². The van der Waals surface area contributed by atoms with Gasteiger partial charge in [-0.15, -0.1) is 0 Å². The van der Waals surface area contributed by atoms with Crippen LogP contribution in [0.5, 0.6) is 0 Å². The van der Waals surface area contributed by atoms with Crippen LogP contribution >= 0.6 is 0 Å². The zero-order chi connectivity index (χ0) is 33.1. The fourth-order valence-electron chi connectivity index (χ4n) is 7.17. The molecule has 3 aliphatic rings. The summed E-state index contributed by atoms with van der Waals surface area (Å²) < 4.78 is 23.3. The number of esters is 1. The largest absolute Gasteiger partial charge is 0.467 e. The van der Waals surface area contributed by atoms with Gasteiger partial charge in [-0.25, -0.2) is 9.59 Å². The second-order valence-electron chi connectivity index (χ2n) is 14.1. The molecule has 3 aliphatic heterocycles. The maximum atomic E-state index is 13.3. The standard InChI is InChI=1S/C34H50N4O8/c1-23-17-25(18-24-8-12-35-28(23)24)29(40)36-20-26(39)19-27-7-6-9-34(45-27,30(41)43-5)11-14-38-15-16-44-22-33(38)10-13-37(21-33)31(42)46-32(2,3)4/h8,12,17-18,26-27,35,39H,6-7,9-11,13-16,19-22H2,1-5H3,(H,36,40)/t26?,27-,33?,34+/m1/s1. The predicted octanol–water partition coefficient (Wildman–Crippen LogP) is 3.54. The number of carbonyl (C=O) groups excluding carboxylic acids is 3. The number of benzene rings is 1. The first kappa shape index (κ1) is 34.2. The van der Waals surface area contributed by atoms with Crippen LogP contribution in [0.15, 0.2) is 24.4 Å². The molecule has 1 aromatic heterocycles. The Morgan fingerprint density at radius 2 is 2.02 bits per heavy atom. The first-order valence-electron chi connectivity index (χ1n) is 16.4. The maximum absolute atomic E-state index is 13.3. The molecule has 12 nitrogen and oxygen atoms in total. The average molecular weight is 643 g/mol. The summed E-state index contributed by atoms with van der Waals surface area (Å²) in [4.78, 5) is 46.2. The maximum Gasteiger partial charge on any atom is 0.410 e. The molecule has 2 aromatic rings. The molecular weight excluding hydrogens is 592 g/mol. The summed E-state index contributed by atoms with van der Waals surface area (Å²) in [5.41, 5.74) is 0.418. The molecule has 4 heterocycles. The Balaban J connectivity index is 1.18. The van der Waals surface area contributed by atoms with E-state index in [2.05, 4.69) is 15.2 Å². The summed E-state index contributed by atoms with van der Waals surface area (Å²) in [6.07, 6.45) is 3.70. The minimum absolute atomic E-state index is 0.0680. The van der Waals surface area contributed by atoms with Crippen LogP contribution in [0.2, 0.25) is 0 Å². The van der Waals surface area contributed by atoms with Crippen molar-refractivity contribution in [3.05, 3.63) is 35.5 Å². The van der Waals surface area contributed by atoms with E-state index in [4.69, 9.17) is 18.9 Å². The average Bonchev–Trinajstić information content (AvgIpc) is 3.67. The van der Waals surface area contributed by atoms with E-state index in [1.807, 2.05) is 52.1 Å². The fourth-order valence-corrected chi connectivity index (χ4v) is 7.17. The highest BCUT2D eigenvalue weighted by Gasteiger charge is 2.50. The van der Waals surface area contributed by atoms with Gasteiger partial charge in [-0.3, -0.25) is 9.69 Å². The number of aliphatic hydroxyl groups is 1. The molecule has 2 unspecified atom stereocenters. The van der Waals surface area contributed by atoms with Crippen LogP contribution in [0.25, 0.3) is 10.9 Å². The van der Waals surface area contributed by atoms with E-state index in [0.29, 0.717) is 64.2 Å².